The van der Waals surface area contributed by atoms with E-state index in [9.17, 15) is 4.79 Å². The molecule has 0 amide bonds. The van der Waals surface area contributed by atoms with E-state index in [0.717, 1.165) is 21.6 Å². The number of hydrogen-bond acceptors (Lipinski definition) is 4. The first-order chi connectivity index (χ1) is 10.1. The minimum absolute atomic E-state index is 0.00991. The second kappa shape index (κ2) is 5.33. The van der Waals surface area contributed by atoms with Crippen molar-refractivity contribution < 1.29 is 4.79 Å². The number of thioether (sulfide) groups is 1. The summed E-state index contributed by atoms with van der Waals surface area (Å²) in [4.78, 5) is 18.3. The summed E-state index contributed by atoms with van der Waals surface area (Å²) < 4.78 is 1.73. The van der Waals surface area contributed by atoms with Crippen LogP contribution in [-0.2, 0) is 7.05 Å². The van der Waals surface area contributed by atoms with E-state index in [1.54, 1.807) is 22.6 Å². The molecule has 4 nitrogen and oxygen atoms in total. The molecule has 0 N–H and O–H groups in total. The number of aromatic nitrogens is 3. The molecule has 3 aromatic rings. The van der Waals surface area contributed by atoms with Crippen molar-refractivity contribution in [2.45, 2.75) is 11.8 Å². The summed E-state index contributed by atoms with van der Waals surface area (Å²) in [6.07, 6.45) is 3.75. The summed E-state index contributed by atoms with van der Waals surface area (Å²) >= 11 is 1.56. The average Bonchev–Trinajstić information content (AvgIpc) is 2.87. The largest absolute Gasteiger partial charge is 0.288 e. The number of nitrogens with zero attached hydrogens (tertiary/aromatic N) is 3. The van der Waals surface area contributed by atoms with Gasteiger partial charge in [-0.1, -0.05) is 30.3 Å². The van der Waals surface area contributed by atoms with Crippen molar-refractivity contribution in [2.24, 2.45) is 7.05 Å². The number of ketones is 1. The second-order valence-corrected chi connectivity index (χ2v) is 5.62. The molecule has 0 unspecified atom stereocenters. The Kier molecular flexibility index (Phi) is 3.51. The van der Waals surface area contributed by atoms with E-state index in [-0.39, 0.29) is 5.78 Å². The van der Waals surface area contributed by atoms with Crippen LogP contribution in [0.25, 0.3) is 11.0 Å². The van der Waals surface area contributed by atoms with E-state index < -0.39 is 0 Å². The van der Waals surface area contributed by atoms with Gasteiger partial charge in [-0.3, -0.25) is 9.48 Å². The van der Waals surface area contributed by atoms with Crippen LogP contribution in [0.5, 0.6) is 0 Å². The summed E-state index contributed by atoms with van der Waals surface area (Å²) in [5.41, 5.74) is 2.90. The maximum Gasteiger partial charge on any atom is 0.196 e. The van der Waals surface area contributed by atoms with Gasteiger partial charge in [-0.05, 0) is 13.2 Å². The molecular weight excluding hydrogens is 282 g/mol. The molecular formula is C16H15N3OS. The molecule has 1 aromatic carbocycles. The maximum atomic E-state index is 12.8. The molecule has 0 bridgehead atoms. The summed E-state index contributed by atoms with van der Waals surface area (Å²) in [5, 5.41) is 5.17. The van der Waals surface area contributed by atoms with Crippen LogP contribution < -0.4 is 0 Å². The van der Waals surface area contributed by atoms with Crippen LogP contribution in [0.1, 0.15) is 21.6 Å². The van der Waals surface area contributed by atoms with Gasteiger partial charge in [0.05, 0.1) is 22.8 Å². The van der Waals surface area contributed by atoms with Crippen molar-refractivity contribution in [3.8, 4) is 0 Å². The van der Waals surface area contributed by atoms with Gasteiger partial charge < -0.3 is 0 Å². The molecule has 2 aromatic heterocycles. The number of fused-ring (bicyclic) bond motifs is 1. The first kappa shape index (κ1) is 13.8. The number of carbonyl (C=O) groups is 1. The lowest BCUT2D eigenvalue weighted by Crippen LogP contribution is -2.08. The SMILES string of the molecule is CSc1c(C(=O)c2ccccc2)c(C)nc2c1cnn2C. The zero-order valence-electron chi connectivity index (χ0n) is 12.1. The van der Waals surface area contributed by atoms with E-state index in [1.165, 1.54) is 0 Å². The Bertz CT molecular complexity index is 824. The Labute approximate surface area is 127 Å². The number of hydrogen-bond donors (Lipinski definition) is 0. The topological polar surface area (TPSA) is 47.8 Å². The van der Waals surface area contributed by atoms with Crippen molar-refractivity contribution in [1.82, 2.24) is 14.8 Å². The highest BCUT2D eigenvalue weighted by Crippen LogP contribution is 2.32. The molecule has 0 aliphatic rings. The standard InChI is InChI=1S/C16H15N3OS/c1-10-13(14(20)11-7-5-4-6-8-11)15(21-3)12-9-17-19(2)16(12)18-10/h4-9H,1-3H3. The lowest BCUT2D eigenvalue weighted by Gasteiger charge is -2.11. The summed E-state index contributed by atoms with van der Waals surface area (Å²) in [7, 11) is 1.86. The van der Waals surface area contributed by atoms with Gasteiger partial charge in [-0.15, -0.1) is 11.8 Å². The Hall–Kier alpha value is -2.14. The summed E-state index contributed by atoms with van der Waals surface area (Å²) in [6.45, 7) is 1.88. The van der Waals surface area contributed by atoms with E-state index in [0.29, 0.717) is 11.1 Å². The summed E-state index contributed by atoms with van der Waals surface area (Å²) in [6, 6.07) is 9.31. The molecule has 5 heteroatoms. The Morgan fingerprint density at radius 3 is 2.62 bits per heavy atom. The Morgan fingerprint density at radius 1 is 1.24 bits per heavy atom. The zero-order valence-corrected chi connectivity index (χ0v) is 12.9. The number of benzene rings is 1. The van der Waals surface area contributed by atoms with Crippen molar-refractivity contribution in [3.63, 3.8) is 0 Å². The molecule has 0 aliphatic heterocycles. The smallest absolute Gasteiger partial charge is 0.196 e. The molecule has 0 fully saturated rings. The monoisotopic (exact) mass is 297 g/mol. The van der Waals surface area contributed by atoms with Gasteiger partial charge >= 0.3 is 0 Å². The minimum atomic E-state index is 0.00991. The quantitative estimate of drug-likeness (QED) is 0.550. The van der Waals surface area contributed by atoms with Crippen LogP contribution in [0, 0.1) is 6.92 Å². The third kappa shape index (κ3) is 2.23. The van der Waals surface area contributed by atoms with E-state index in [2.05, 4.69) is 10.1 Å². The van der Waals surface area contributed by atoms with Gasteiger partial charge in [0.1, 0.15) is 0 Å². The van der Waals surface area contributed by atoms with Crippen LogP contribution >= 0.6 is 11.8 Å². The van der Waals surface area contributed by atoms with Crippen molar-refractivity contribution >= 4 is 28.6 Å². The van der Waals surface area contributed by atoms with Crippen molar-refractivity contribution in [3.05, 3.63) is 53.3 Å². The third-order valence-electron chi connectivity index (χ3n) is 3.48. The molecule has 0 atom stereocenters. The number of pyridine rings is 1. The third-order valence-corrected chi connectivity index (χ3v) is 4.31. The average molecular weight is 297 g/mol. The van der Waals surface area contributed by atoms with E-state index in [4.69, 9.17) is 0 Å². The van der Waals surface area contributed by atoms with Crippen LogP contribution in [0.4, 0.5) is 0 Å². The van der Waals surface area contributed by atoms with Gasteiger partial charge in [0, 0.05) is 17.5 Å². The Morgan fingerprint density at radius 2 is 1.95 bits per heavy atom. The highest BCUT2D eigenvalue weighted by molar-refractivity contribution is 7.99. The fraction of sp³-hybridized carbons (Fsp3) is 0.188. The molecule has 0 saturated carbocycles. The molecule has 0 spiro atoms. The molecule has 0 radical (unpaired) electrons. The lowest BCUT2D eigenvalue weighted by molar-refractivity contribution is 0.103. The van der Waals surface area contributed by atoms with Gasteiger partial charge in [0.15, 0.2) is 11.4 Å². The molecule has 2 heterocycles. The first-order valence-electron chi connectivity index (χ1n) is 6.59. The summed E-state index contributed by atoms with van der Waals surface area (Å²) in [5.74, 6) is 0.00991. The number of carbonyl (C=O) groups excluding carboxylic acids is 1. The highest BCUT2D eigenvalue weighted by Gasteiger charge is 2.21. The van der Waals surface area contributed by atoms with Crippen LogP contribution in [0.15, 0.2) is 41.4 Å². The molecule has 21 heavy (non-hydrogen) atoms. The molecule has 0 aliphatic carbocycles. The minimum Gasteiger partial charge on any atom is -0.288 e. The number of rotatable bonds is 3. The first-order valence-corrected chi connectivity index (χ1v) is 7.82. The normalized spacial score (nSPS) is 11.0. The van der Waals surface area contributed by atoms with Crippen LogP contribution in [0.3, 0.4) is 0 Å². The predicted molar refractivity (Wildman–Crippen MR) is 84.9 cm³/mol. The van der Waals surface area contributed by atoms with Gasteiger partial charge in [0.2, 0.25) is 0 Å². The van der Waals surface area contributed by atoms with E-state index >= 15 is 0 Å². The highest BCUT2D eigenvalue weighted by atomic mass is 32.2. The maximum absolute atomic E-state index is 12.8. The fourth-order valence-corrected chi connectivity index (χ4v) is 3.26. The molecule has 106 valence electrons. The Balaban J connectivity index is 2.27. The van der Waals surface area contributed by atoms with Crippen LogP contribution in [-0.4, -0.2) is 26.8 Å². The second-order valence-electron chi connectivity index (χ2n) is 4.81. The zero-order chi connectivity index (χ0) is 15.0. The van der Waals surface area contributed by atoms with Crippen LogP contribution in [0.2, 0.25) is 0 Å². The van der Waals surface area contributed by atoms with Crippen molar-refractivity contribution in [2.75, 3.05) is 6.26 Å². The molecule has 3 rings (SSSR count). The fourth-order valence-electron chi connectivity index (χ4n) is 2.45. The van der Waals surface area contributed by atoms with Gasteiger partial charge in [-0.25, -0.2) is 4.98 Å². The van der Waals surface area contributed by atoms with Gasteiger partial charge in [-0.2, -0.15) is 5.10 Å². The molecule has 0 saturated heterocycles. The number of aryl methyl sites for hydroxylation is 2. The van der Waals surface area contributed by atoms with Crippen molar-refractivity contribution in [1.29, 1.82) is 0 Å². The van der Waals surface area contributed by atoms with Gasteiger partial charge in [0.25, 0.3) is 0 Å². The lowest BCUT2D eigenvalue weighted by atomic mass is 10.0. The predicted octanol–water partition coefficient (Wildman–Crippen LogP) is 3.23. The van der Waals surface area contributed by atoms with E-state index in [1.807, 2.05) is 50.6 Å².